The number of aromatic nitrogens is 2. The SMILES string of the molecule is CC(=O)c1ncc(-c2ccc(F)c(C)c2)[nH]1. The molecule has 1 heterocycles. The van der Waals surface area contributed by atoms with Gasteiger partial charge in [-0.1, -0.05) is 0 Å². The van der Waals surface area contributed by atoms with Crippen molar-refractivity contribution in [2.75, 3.05) is 0 Å². The molecule has 0 saturated heterocycles. The van der Waals surface area contributed by atoms with Crippen LogP contribution in [0.15, 0.2) is 24.4 Å². The zero-order valence-corrected chi connectivity index (χ0v) is 9.04. The highest BCUT2D eigenvalue weighted by Gasteiger charge is 2.07. The Labute approximate surface area is 92.3 Å². The van der Waals surface area contributed by atoms with Crippen LogP contribution in [0.1, 0.15) is 23.1 Å². The normalized spacial score (nSPS) is 10.4. The Balaban J connectivity index is 2.42. The molecule has 2 aromatic rings. The molecule has 0 radical (unpaired) electrons. The number of carbonyl (C=O) groups is 1. The lowest BCUT2D eigenvalue weighted by molar-refractivity contribution is 0.100. The summed E-state index contributed by atoms with van der Waals surface area (Å²) in [7, 11) is 0. The van der Waals surface area contributed by atoms with E-state index in [0.717, 1.165) is 5.56 Å². The van der Waals surface area contributed by atoms with Crippen molar-refractivity contribution >= 4 is 5.78 Å². The van der Waals surface area contributed by atoms with Crippen molar-refractivity contribution in [3.05, 3.63) is 41.6 Å². The maximum Gasteiger partial charge on any atom is 0.194 e. The van der Waals surface area contributed by atoms with Crippen molar-refractivity contribution < 1.29 is 9.18 Å². The summed E-state index contributed by atoms with van der Waals surface area (Å²) in [5.74, 6) is -0.0443. The molecule has 0 aliphatic rings. The highest BCUT2D eigenvalue weighted by atomic mass is 19.1. The number of aryl methyl sites for hydroxylation is 1. The number of imidazole rings is 1. The molecular formula is C12H11FN2O. The van der Waals surface area contributed by atoms with Gasteiger partial charge in [-0.15, -0.1) is 0 Å². The molecule has 0 saturated carbocycles. The van der Waals surface area contributed by atoms with Crippen molar-refractivity contribution in [3.8, 4) is 11.3 Å². The molecule has 1 N–H and O–H groups in total. The van der Waals surface area contributed by atoms with Gasteiger partial charge in [0.05, 0.1) is 11.9 Å². The zero-order chi connectivity index (χ0) is 11.7. The van der Waals surface area contributed by atoms with Crippen molar-refractivity contribution in [3.63, 3.8) is 0 Å². The number of benzene rings is 1. The van der Waals surface area contributed by atoms with Crippen LogP contribution in [-0.4, -0.2) is 15.8 Å². The minimum atomic E-state index is -0.241. The highest BCUT2D eigenvalue weighted by molar-refractivity contribution is 5.91. The van der Waals surface area contributed by atoms with Gasteiger partial charge in [-0.3, -0.25) is 4.79 Å². The molecular weight excluding hydrogens is 207 g/mol. The average molecular weight is 218 g/mol. The summed E-state index contributed by atoms with van der Waals surface area (Å²) in [5, 5.41) is 0. The van der Waals surface area contributed by atoms with Crippen molar-refractivity contribution in [1.82, 2.24) is 9.97 Å². The van der Waals surface area contributed by atoms with E-state index in [-0.39, 0.29) is 11.6 Å². The molecule has 0 aliphatic heterocycles. The Hall–Kier alpha value is -1.97. The first-order valence-electron chi connectivity index (χ1n) is 4.90. The maximum absolute atomic E-state index is 13.1. The van der Waals surface area contributed by atoms with Crippen LogP contribution in [0.4, 0.5) is 4.39 Å². The number of Topliss-reactive ketones (excluding diaryl/α,β-unsaturated/α-hetero) is 1. The molecule has 0 fully saturated rings. The summed E-state index contributed by atoms with van der Waals surface area (Å²) in [6.45, 7) is 3.14. The number of aromatic amines is 1. The third-order valence-corrected chi connectivity index (χ3v) is 2.38. The molecule has 0 unspecified atom stereocenters. The lowest BCUT2D eigenvalue weighted by Gasteiger charge is -2.00. The number of ketones is 1. The fourth-order valence-electron chi connectivity index (χ4n) is 1.46. The highest BCUT2D eigenvalue weighted by Crippen LogP contribution is 2.20. The molecule has 3 nitrogen and oxygen atoms in total. The molecule has 0 amide bonds. The number of carbonyl (C=O) groups excluding carboxylic acids is 1. The Bertz CT molecular complexity index is 546. The third-order valence-electron chi connectivity index (χ3n) is 2.38. The van der Waals surface area contributed by atoms with Crippen LogP contribution in [0.3, 0.4) is 0 Å². The van der Waals surface area contributed by atoms with E-state index in [2.05, 4.69) is 9.97 Å². The predicted molar refractivity (Wildman–Crippen MR) is 58.7 cm³/mol. The molecule has 0 spiro atoms. The second-order valence-electron chi connectivity index (χ2n) is 3.67. The Morgan fingerprint density at radius 3 is 2.75 bits per heavy atom. The number of halogens is 1. The van der Waals surface area contributed by atoms with E-state index in [1.54, 1.807) is 25.3 Å². The van der Waals surface area contributed by atoms with Crippen LogP contribution in [0.2, 0.25) is 0 Å². The van der Waals surface area contributed by atoms with Gasteiger partial charge in [-0.05, 0) is 30.7 Å². The van der Waals surface area contributed by atoms with Gasteiger partial charge in [0.1, 0.15) is 5.82 Å². The van der Waals surface area contributed by atoms with Crippen LogP contribution in [0.5, 0.6) is 0 Å². The fraction of sp³-hybridized carbons (Fsp3) is 0.167. The lowest BCUT2D eigenvalue weighted by Crippen LogP contribution is -1.94. The van der Waals surface area contributed by atoms with Crippen molar-refractivity contribution in [1.29, 1.82) is 0 Å². The molecule has 2 rings (SSSR count). The van der Waals surface area contributed by atoms with E-state index in [0.29, 0.717) is 17.1 Å². The summed E-state index contributed by atoms with van der Waals surface area (Å²) in [5.41, 5.74) is 2.10. The van der Waals surface area contributed by atoms with Gasteiger partial charge in [0.2, 0.25) is 0 Å². The third kappa shape index (κ3) is 1.86. The van der Waals surface area contributed by atoms with Gasteiger partial charge < -0.3 is 4.98 Å². The van der Waals surface area contributed by atoms with Crippen LogP contribution in [0.25, 0.3) is 11.3 Å². The minimum Gasteiger partial charge on any atom is -0.336 e. The molecule has 82 valence electrons. The van der Waals surface area contributed by atoms with Gasteiger partial charge in [-0.2, -0.15) is 0 Å². The van der Waals surface area contributed by atoms with E-state index in [9.17, 15) is 9.18 Å². The lowest BCUT2D eigenvalue weighted by atomic mass is 10.1. The van der Waals surface area contributed by atoms with Crippen LogP contribution >= 0.6 is 0 Å². The molecule has 0 atom stereocenters. The fourth-order valence-corrected chi connectivity index (χ4v) is 1.46. The Morgan fingerprint density at radius 2 is 2.19 bits per heavy atom. The molecule has 1 aromatic heterocycles. The summed E-state index contributed by atoms with van der Waals surface area (Å²) in [6.07, 6.45) is 1.57. The number of H-pyrrole nitrogens is 1. The monoisotopic (exact) mass is 218 g/mol. The van der Waals surface area contributed by atoms with Crippen LogP contribution < -0.4 is 0 Å². The maximum atomic E-state index is 13.1. The van der Waals surface area contributed by atoms with Gasteiger partial charge in [0, 0.05) is 12.5 Å². The van der Waals surface area contributed by atoms with E-state index in [4.69, 9.17) is 0 Å². The smallest absolute Gasteiger partial charge is 0.194 e. The van der Waals surface area contributed by atoms with E-state index < -0.39 is 0 Å². The summed E-state index contributed by atoms with van der Waals surface area (Å²) in [6, 6.07) is 4.77. The molecule has 16 heavy (non-hydrogen) atoms. The summed E-state index contributed by atoms with van der Waals surface area (Å²) < 4.78 is 13.1. The molecule has 0 bridgehead atoms. The number of nitrogens with one attached hydrogen (secondary N) is 1. The first-order valence-corrected chi connectivity index (χ1v) is 4.90. The largest absolute Gasteiger partial charge is 0.336 e. The summed E-state index contributed by atoms with van der Waals surface area (Å²) >= 11 is 0. The quantitative estimate of drug-likeness (QED) is 0.788. The molecule has 1 aromatic carbocycles. The minimum absolute atomic E-state index is 0.120. The van der Waals surface area contributed by atoms with Gasteiger partial charge in [-0.25, -0.2) is 9.37 Å². The molecule has 4 heteroatoms. The van der Waals surface area contributed by atoms with E-state index in [1.165, 1.54) is 13.0 Å². The first-order chi connectivity index (χ1) is 7.58. The number of hydrogen-bond donors (Lipinski definition) is 1. The van der Waals surface area contributed by atoms with Crippen molar-refractivity contribution in [2.24, 2.45) is 0 Å². The van der Waals surface area contributed by atoms with Gasteiger partial charge in [0.15, 0.2) is 11.6 Å². The first kappa shape index (κ1) is 10.5. The predicted octanol–water partition coefficient (Wildman–Crippen LogP) is 2.73. The summed E-state index contributed by atoms with van der Waals surface area (Å²) in [4.78, 5) is 17.9. The number of hydrogen-bond acceptors (Lipinski definition) is 2. The number of nitrogens with zero attached hydrogens (tertiary/aromatic N) is 1. The standard InChI is InChI=1S/C12H11FN2O/c1-7-5-9(3-4-10(7)13)11-6-14-12(15-11)8(2)16/h3-6H,1-2H3,(H,14,15). The van der Waals surface area contributed by atoms with Crippen molar-refractivity contribution in [2.45, 2.75) is 13.8 Å². The van der Waals surface area contributed by atoms with Crippen LogP contribution in [-0.2, 0) is 0 Å². The van der Waals surface area contributed by atoms with E-state index >= 15 is 0 Å². The van der Waals surface area contributed by atoms with Gasteiger partial charge >= 0.3 is 0 Å². The Morgan fingerprint density at radius 1 is 1.44 bits per heavy atom. The topological polar surface area (TPSA) is 45.8 Å². The van der Waals surface area contributed by atoms with Crippen LogP contribution in [0, 0.1) is 12.7 Å². The van der Waals surface area contributed by atoms with Gasteiger partial charge in [0.25, 0.3) is 0 Å². The van der Waals surface area contributed by atoms with E-state index in [1.807, 2.05) is 0 Å². The second-order valence-corrected chi connectivity index (χ2v) is 3.67. The second kappa shape index (κ2) is 3.89. The Kier molecular flexibility index (Phi) is 2.56. The average Bonchev–Trinajstić information content (AvgIpc) is 2.71. The molecule has 0 aliphatic carbocycles. The number of rotatable bonds is 2. The zero-order valence-electron chi connectivity index (χ0n) is 9.04.